The molecule has 2 fully saturated rings. The zero-order valence-corrected chi connectivity index (χ0v) is 36.3. The van der Waals surface area contributed by atoms with Crippen LogP contribution in [0.5, 0.6) is 11.5 Å². The topological polar surface area (TPSA) is 201 Å². The number of hydrogen-bond donors (Lipinski definition) is 2. The molecule has 2 N–H and O–H groups in total. The monoisotopic (exact) mass is 835 g/mol. The van der Waals surface area contributed by atoms with E-state index in [1.165, 1.54) is 11.2 Å². The first kappa shape index (κ1) is 43.3. The van der Waals surface area contributed by atoms with Gasteiger partial charge in [-0.2, -0.15) is 5.10 Å². The van der Waals surface area contributed by atoms with Gasteiger partial charge < -0.3 is 29.3 Å². The third kappa shape index (κ3) is 10.1. The third-order valence-corrected chi connectivity index (χ3v) is 13.0. The van der Waals surface area contributed by atoms with E-state index < -0.39 is 32.3 Å². The summed E-state index contributed by atoms with van der Waals surface area (Å²) in [5.74, 6) is 2.37. The van der Waals surface area contributed by atoms with E-state index in [1.807, 2.05) is 13.8 Å². The zero-order chi connectivity index (χ0) is 42.7. The van der Waals surface area contributed by atoms with Gasteiger partial charge in [0.05, 0.1) is 41.5 Å². The van der Waals surface area contributed by atoms with E-state index in [-0.39, 0.29) is 23.2 Å². The van der Waals surface area contributed by atoms with Crippen molar-refractivity contribution < 1.29 is 32.2 Å². The number of hydrogen-bond acceptors (Lipinski definition) is 15. The smallest absolute Gasteiger partial charge is 0.411 e. The molecule has 5 heterocycles. The Morgan fingerprint density at radius 2 is 1.63 bits per heavy atom. The maximum Gasteiger partial charge on any atom is 0.411 e. The fourth-order valence-corrected chi connectivity index (χ4v) is 8.04. The van der Waals surface area contributed by atoms with Gasteiger partial charge >= 0.3 is 6.09 Å². The van der Waals surface area contributed by atoms with Crippen molar-refractivity contribution in [1.82, 2.24) is 44.8 Å². The van der Waals surface area contributed by atoms with Crippen molar-refractivity contribution in [2.75, 3.05) is 75.8 Å². The van der Waals surface area contributed by atoms with Crippen molar-refractivity contribution in [3.05, 3.63) is 42.1 Å². The summed E-state index contributed by atoms with van der Waals surface area (Å²) in [4.78, 5) is 51.1. The van der Waals surface area contributed by atoms with Gasteiger partial charge in [0.1, 0.15) is 46.9 Å². The van der Waals surface area contributed by atoms with Crippen LogP contribution in [0.1, 0.15) is 66.1 Å². The van der Waals surface area contributed by atoms with E-state index in [4.69, 9.17) is 14.2 Å². The van der Waals surface area contributed by atoms with Crippen molar-refractivity contribution in [2.45, 2.75) is 90.0 Å². The first-order chi connectivity index (χ1) is 27.8. The van der Waals surface area contributed by atoms with E-state index >= 15 is 0 Å². The predicted molar refractivity (Wildman–Crippen MR) is 223 cm³/mol. The van der Waals surface area contributed by atoms with Gasteiger partial charge in [-0.1, -0.05) is 0 Å². The number of piperazine rings is 2. The first-order valence-electron chi connectivity index (χ1n) is 20.0. The van der Waals surface area contributed by atoms with Crippen molar-refractivity contribution in [3.63, 3.8) is 0 Å². The lowest BCUT2D eigenvalue weighted by Crippen LogP contribution is -2.58. The average Bonchev–Trinajstić information content (AvgIpc) is 3.49. The molecule has 2 saturated heterocycles. The standard InChI is InChI=1S/C40H57N11O7S/c1-26-27(2)46-47-34(26)45-35-30-21-33(59(54,55)40(7,8)9)32(22-31(30)43-25-44-35)57-19-10-11-48-12-14-50(15-13-48)37-41-23-29(24-42-37)56-20-18-49-16-17-51(28(3)36(49)52)38(53)58-39(4,5)6/h21-25,28H,10-20H2,1-9H3,(H2,43,44,45,46,47). The van der Waals surface area contributed by atoms with Crippen LogP contribution in [0.3, 0.4) is 0 Å². The Kier molecular flexibility index (Phi) is 12.8. The SMILES string of the molecule is Cc1n[nH]c(Nc2ncnc3cc(OCCCN4CCN(c5ncc(OCCN6CCN(C(=O)OC(C)(C)C)C(C)C6=O)cn5)CC4)c(S(=O)(=O)C(C)(C)C)cc23)c1C. The van der Waals surface area contributed by atoms with Crippen LogP contribution in [0.4, 0.5) is 22.4 Å². The Labute approximate surface area is 345 Å². The minimum Gasteiger partial charge on any atom is -0.492 e. The molecule has 4 aromatic rings. The van der Waals surface area contributed by atoms with Crippen LogP contribution in [-0.2, 0) is 19.4 Å². The number of anilines is 3. The number of amides is 2. The van der Waals surface area contributed by atoms with Crippen LogP contribution in [0.25, 0.3) is 10.9 Å². The van der Waals surface area contributed by atoms with Crippen LogP contribution >= 0.6 is 0 Å². The van der Waals surface area contributed by atoms with Crippen LogP contribution < -0.4 is 19.7 Å². The molecular weight excluding hydrogens is 779 g/mol. The summed E-state index contributed by atoms with van der Waals surface area (Å²) in [6.45, 7) is 21.6. The molecule has 1 aromatic carbocycles. The van der Waals surface area contributed by atoms with Gasteiger partial charge in [-0.3, -0.25) is 19.7 Å². The summed E-state index contributed by atoms with van der Waals surface area (Å²) in [6.07, 6.45) is 4.92. The number of aromatic nitrogens is 6. The number of carbonyl (C=O) groups is 2. The fourth-order valence-electron chi connectivity index (χ4n) is 6.73. The molecule has 0 radical (unpaired) electrons. The Morgan fingerprint density at radius 1 is 0.915 bits per heavy atom. The molecule has 0 aliphatic carbocycles. The fraction of sp³-hybridized carbons (Fsp3) is 0.575. The van der Waals surface area contributed by atoms with Crippen molar-refractivity contribution in [1.29, 1.82) is 0 Å². The number of nitrogens with zero attached hydrogens (tertiary/aromatic N) is 9. The molecule has 19 heteroatoms. The number of benzene rings is 1. The summed E-state index contributed by atoms with van der Waals surface area (Å²) >= 11 is 0. The summed E-state index contributed by atoms with van der Waals surface area (Å²) < 4.78 is 44.2. The molecule has 0 saturated carbocycles. The summed E-state index contributed by atoms with van der Waals surface area (Å²) in [6, 6.07) is 2.67. The minimum atomic E-state index is -3.80. The molecule has 2 aliphatic rings. The summed E-state index contributed by atoms with van der Waals surface area (Å²) in [5, 5.41) is 11.0. The molecule has 1 atom stereocenters. The van der Waals surface area contributed by atoms with Gasteiger partial charge in [0.25, 0.3) is 0 Å². The number of carbonyl (C=O) groups excluding carboxylic acids is 2. The first-order valence-corrected chi connectivity index (χ1v) is 21.5. The van der Waals surface area contributed by atoms with Gasteiger partial charge in [-0.15, -0.1) is 0 Å². The number of aromatic amines is 1. The van der Waals surface area contributed by atoms with Gasteiger partial charge in [0.15, 0.2) is 15.6 Å². The molecule has 320 valence electrons. The highest BCUT2D eigenvalue weighted by Crippen LogP contribution is 2.37. The van der Waals surface area contributed by atoms with Gasteiger partial charge in [0.2, 0.25) is 11.9 Å². The maximum atomic E-state index is 13.9. The molecule has 2 aliphatic heterocycles. The zero-order valence-electron chi connectivity index (χ0n) is 35.5. The van der Waals surface area contributed by atoms with E-state index in [1.54, 1.807) is 77.9 Å². The Bertz CT molecular complexity index is 2230. The van der Waals surface area contributed by atoms with Crippen LogP contribution in [0.15, 0.2) is 35.7 Å². The largest absolute Gasteiger partial charge is 0.492 e. The number of aryl methyl sites for hydroxylation is 1. The molecule has 59 heavy (non-hydrogen) atoms. The van der Waals surface area contributed by atoms with Gasteiger partial charge in [-0.05, 0) is 74.8 Å². The van der Waals surface area contributed by atoms with E-state index in [9.17, 15) is 18.0 Å². The number of H-pyrrole nitrogens is 1. The van der Waals surface area contributed by atoms with Crippen molar-refractivity contribution >= 4 is 50.3 Å². The number of rotatable bonds is 13. The van der Waals surface area contributed by atoms with Crippen LogP contribution in [0, 0.1) is 13.8 Å². The predicted octanol–water partition coefficient (Wildman–Crippen LogP) is 4.51. The molecule has 3 aromatic heterocycles. The number of sulfone groups is 1. The Hall–Kier alpha value is -5.30. The normalized spacial score (nSPS) is 17.1. The highest BCUT2D eigenvalue weighted by Gasteiger charge is 2.37. The lowest BCUT2D eigenvalue weighted by atomic mass is 10.2. The molecule has 2 amide bonds. The lowest BCUT2D eigenvalue weighted by Gasteiger charge is -2.39. The number of nitrogens with one attached hydrogen (secondary N) is 2. The Morgan fingerprint density at radius 3 is 2.27 bits per heavy atom. The molecular formula is C40H57N11O7S. The highest BCUT2D eigenvalue weighted by atomic mass is 32.2. The minimum absolute atomic E-state index is 0.0952. The van der Waals surface area contributed by atoms with Crippen LogP contribution in [-0.4, -0.2) is 147 Å². The number of fused-ring (bicyclic) bond motifs is 1. The van der Waals surface area contributed by atoms with Crippen molar-refractivity contribution in [2.24, 2.45) is 0 Å². The van der Waals surface area contributed by atoms with E-state index in [2.05, 4.69) is 45.2 Å². The van der Waals surface area contributed by atoms with E-state index in [0.717, 1.165) is 44.0 Å². The van der Waals surface area contributed by atoms with Gasteiger partial charge in [-0.25, -0.2) is 33.1 Å². The lowest BCUT2D eigenvalue weighted by molar-refractivity contribution is -0.141. The maximum absolute atomic E-state index is 13.9. The molecule has 1 unspecified atom stereocenters. The third-order valence-electron chi connectivity index (χ3n) is 10.4. The van der Waals surface area contributed by atoms with Crippen molar-refractivity contribution in [3.8, 4) is 11.5 Å². The average molecular weight is 836 g/mol. The second-order valence-electron chi connectivity index (χ2n) is 16.9. The van der Waals surface area contributed by atoms with Crippen LogP contribution in [0.2, 0.25) is 0 Å². The summed E-state index contributed by atoms with van der Waals surface area (Å²) in [7, 11) is -3.80. The second-order valence-corrected chi connectivity index (χ2v) is 19.5. The molecule has 18 nitrogen and oxygen atoms in total. The second kappa shape index (κ2) is 17.5. The Balaban J connectivity index is 0.972. The van der Waals surface area contributed by atoms with E-state index in [0.29, 0.717) is 66.9 Å². The molecule has 0 bridgehead atoms. The molecule has 6 rings (SSSR count). The molecule has 0 spiro atoms. The summed E-state index contributed by atoms with van der Waals surface area (Å²) in [5.41, 5.74) is 1.70. The number of ether oxygens (including phenoxy) is 3. The van der Waals surface area contributed by atoms with Gasteiger partial charge in [0, 0.05) is 62.8 Å². The highest BCUT2D eigenvalue weighted by molar-refractivity contribution is 7.92. The quantitative estimate of drug-likeness (QED) is 0.178.